The Morgan fingerprint density at radius 1 is 1.22 bits per heavy atom. The average molecular weight is 541 g/mol. The molecule has 0 saturated carbocycles. The standard InChI is InChI=1S/C27H32IN3O/c1-6-9-23-22-13-12-17(3)14-25(22)31-27(29)26(23)30-24(7-2)18(4)19(5)32-16-20-10-8-11-21(28)15-20/h7-15,18-19,24H,2,6,16H2,1,3-5H3,(H2,29,31)/b23-9-,30-26+. The van der Waals surface area contributed by atoms with Crippen LogP contribution in [-0.2, 0) is 11.3 Å². The molecule has 3 rings (SSSR count). The van der Waals surface area contributed by atoms with Crippen LogP contribution in [0, 0.1) is 16.4 Å². The number of aryl methyl sites for hydroxylation is 1. The summed E-state index contributed by atoms with van der Waals surface area (Å²) in [7, 11) is 0. The Kier molecular flexibility index (Phi) is 8.43. The number of ether oxygens (including phenoxy) is 1. The lowest BCUT2D eigenvalue weighted by Crippen LogP contribution is -2.32. The van der Waals surface area contributed by atoms with Crippen molar-refractivity contribution in [3.63, 3.8) is 0 Å². The molecule has 0 aliphatic carbocycles. The Balaban J connectivity index is 1.84. The number of fused-ring (bicyclic) bond motifs is 1. The van der Waals surface area contributed by atoms with E-state index in [0.29, 0.717) is 12.4 Å². The highest BCUT2D eigenvalue weighted by atomic mass is 127. The van der Waals surface area contributed by atoms with Crippen LogP contribution < -0.4 is 5.73 Å². The molecule has 2 N–H and O–H groups in total. The second-order valence-corrected chi connectivity index (χ2v) is 9.50. The maximum absolute atomic E-state index is 6.40. The molecular formula is C27H32IN3O. The number of hydrogen-bond acceptors (Lipinski definition) is 4. The van der Waals surface area contributed by atoms with Gasteiger partial charge < -0.3 is 10.5 Å². The molecule has 3 atom stereocenters. The van der Waals surface area contributed by atoms with E-state index in [1.165, 1.54) is 9.13 Å². The molecule has 2 aromatic rings. The zero-order chi connectivity index (χ0) is 23.3. The molecule has 0 radical (unpaired) electrons. The van der Waals surface area contributed by atoms with Gasteiger partial charge in [-0.1, -0.05) is 50.3 Å². The molecule has 0 amide bonds. The SMILES string of the molecule is C=CC(/N=C1/C(N)=Nc2cc(C)ccc2/C1=C/CC)C(C)C(C)OCc1cccc(I)c1. The first-order valence-corrected chi connectivity index (χ1v) is 12.1. The van der Waals surface area contributed by atoms with Crippen LogP contribution in [0.3, 0.4) is 0 Å². The van der Waals surface area contributed by atoms with Gasteiger partial charge in [-0.15, -0.1) is 6.58 Å². The van der Waals surface area contributed by atoms with Gasteiger partial charge in [-0.25, -0.2) is 4.99 Å². The van der Waals surface area contributed by atoms with Crippen molar-refractivity contribution in [1.82, 2.24) is 0 Å². The summed E-state index contributed by atoms with van der Waals surface area (Å²) in [5, 5.41) is 0. The van der Waals surface area contributed by atoms with E-state index >= 15 is 0 Å². The number of benzene rings is 2. The molecule has 0 aromatic heterocycles. The third-order valence-corrected chi connectivity index (χ3v) is 6.46. The minimum Gasteiger partial charge on any atom is -0.382 e. The number of nitrogens with two attached hydrogens (primary N) is 1. The molecule has 4 nitrogen and oxygen atoms in total. The fourth-order valence-electron chi connectivity index (χ4n) is 3.77. The lowest BCUT2D eigenvalue weighted by molar-refractivity contribution is 0.0154. The van der Waals surface area contributed by atoms with E-state index in [4.69, 9.17) is 15.5 Å². The third kappa shape index (κ3) is 5.75. The monoisotopic (exact) mass is 541 g/mol. The number of aliphatic imine (C=N–C) groups is 2. The van der Waals surface area contributed by atoms with E-state index in [1.54, 1.807) is 0 Å². The van der Waals surface area contributed by atoms with Crippen molar-refractivity contribution < 1.29 is 4.74 Å². The van der Waals surface area contributed by atoms with Gasteiger partial charge >= 0.3 is 0 Å². The molecule has 168 valence electrons. The highest BCUT2D eigenvalue weighted by Gasteiger charge is 2.26. The first kappa shape index (κ1) is 24.4. The van der Waals surface area contributed by atoms with Crippen molar-refractivity contribution in [3.05, 3.63) is 81.5 Å². The van der Waals surface area contributed by atoms with Gasteiger partial charge in [0.05, 0.1) is 24.4 Å². The third-order valence-electron chi connectivity index (χ3n) is 5.79. The van der Waals surface area contributed by atoms with Crippen molar-refractivity contribution in [3.8, 4) is 0 Å². The van der Waals surface area contributed by atoms with E-state index in [2.05, 4.69) is 110 Å². The molecule has 0 fully saturated rings. The Labute approximate surface area is 205 Å². The largest absolute Gasteiger partial charge is 0.382 e. The Morgan fingerprint density at radius 2 is 2.00 bits per heavy atom. The Bertz CT molecular complexity index is 1070. The number of halogens is 1. The maximum Gasteiger partial charge on any atom is 0.150 e. The van der Waals surface area contributed by atoms with Gasteiger partial charge in [-0.2, -0.15) is 0 Å². The molecule has 2 aromatic carbocycles. The number of rotatable bonds is 8. The smallest absolute Gasteiger partial charge is 0.150 e. The summed E-state index contributed by atoms with van der Waals surface area (Å²) in [5.41, 5.74) is 12.5. The molecule has 0 spiro atoms. The molecule has 0 bridgehead atoms. The van der Waals surface area contributed by atoms with Crippen molar-refractivity contribution in [1.29, 1.82) is 0 Å². The van der Waals surface area contributed by atoms with Gasteiger partial charge in [0.1, 0.15) is 11.5 Å². The van der Waals surface area contributed by atoms with Crippen LogP contribution >= 0.6 is 22.6 Å². The van der Waals surface area contributed by atoms with E-state index in [-0.39, 0.29) is 18.1 Å². The molecule has 5 heteroatoms. The van der Waals surface area contributed by atoms with E-state index in [1.807, 2.05) is 6.08 Å². The van der Waals surface area contributed by atoms with Crippen molar-refractivity contribution in [2.75, 3.05) is 0 Å². The van der Waals surface area contributed by atoms with Gasteiger partial charge in [-0.05, 0) is 72.2 Å². The summed E-state index contributed by atoms with van der Waals surface area (Å²) in [6.07, 6.45) is 4.94. The van der Waals surface area contributed by atoms with Crippen molar-refractivity contribution in [2.45, 2.75) is 52.9 Å². The Morgan fingerprint density at radius 3 is 2.69 bits per heavy atom. The minimum atomic E-state index is -0.142. The summed E-state index contributed by atoms with van der Waals surface area (Å²) < 4.78 is 7.40. The first-order chi connectivity index (χ1) is 15.3. The molecule has 32 heavy (non-hydrogen) atoms. The highest BCUT2D eigenvalue weighted by Crippen LogP contribution is 2.34. The quantitative estimate of drug-likeness (QED) is 0.301. The first-order valence-electron chi connectivity index (χ1n) is 11.1. The molecule has 1 aliphatic rings. The molecule has 1 heterocycles. The molecule has 1 aliphatic heterocycles. The van der Waals surface area contributed by atoms with Gasteiger partial charge in [-0.3, -0.25) is 4.99 Å². The van der Waals surface area contributed by atoms with Gasteiger partial charge in [0.2, 0.25) is 0 Å². The fraction of sp³-hybridized carbons (Fsp3) is 0.333. The summed E-state index contributed by atoms with van der Waals surface area (Å²) >= 11 is 2.32. The van der Waals surface area contributed by atoms with Crippen LogP contribution in [0.2, 0.25) is 0 Å². The van der Waals surface area contributed by atoms with Crippen LogP contribution in [0.15, 0.2) is 71.2 Å². The van der Waals surface area contributed by atoms with Crippen molar-refractivity contribution >= 4 is 45.4 Å². The van der Waals surface area contributed by atoms with Crippen LogP contribution in [0.1, 0.15) is 43.9 Å². The van der Waals surface area contributed by atoms with Gasteiger partial charge in [0.15, 0.2) is 0 Å². The van der Waals surface area contributed by atoms with Crippen molar-refractivity contribution in [2.24, 2.45) is 21.6 Å². The van der Waals surface area contributed by atoms with Crippen LogP contribution in [-0.4, -0.2) is 23.7 Å². The predicted octanol–water partition coefficient (Wildman–Crippen LogP) is 6.63. The normalized spacial score (nSPS) is 18.7. The summed E-state index contributed by atoms with van der Waals surface area (Å²) in [5.74, 6) is 0.576. The average Bonchev–Trinajstić information content (AvgIpc) is 2.76. The molecular weight excluding hydrogens is 509 g/mol. The van der Waals surface area contributed by atoms with Crippen LogP contribution in [0.4, 0.5) is 5.69 Å². The van der Waals surface area contributed by atoms with E-state index in [9.17, 15) is 0 Å². The lowest BCUT2D eigenvalue weighted by Gasteiger charge is -2.27. The number of allylic oxidation sites excluding steroid dienone is 1. The molecule has 0 saturated heterocycles. The summed E-state index contributed by atoms with van der Waals surface area (Å²) in [6.45, 7) is 13.0. The molecule has 3 unspecified atom stereocenters. The van der Waals surface area contributed by atoms with E-state index in [0.717, 1.165) is 34.5 Å². The van der Waals surface area contributed by atoms with Gasteiger partial charge in [0, 0.05) is 20.6 Å². The van der Waals surface area contributed by atoms with E-state index < -0.39 is 0 Å². The lowest BCUT2D eigenvalue weighted by atomic mass is 9.92. The highest BCUT2D eigenvalue weighted by molar-refractivity contribution is 14.1. The number of hydrogen-bond donors (Lipinski definition) is 1. The van der Waals surface area contributed by atoms with Crippen LogP contribution in [0.5, 0.6) is 0 Å². The van der Waals surface area contributed by atoms with Gasteiger partial charge in [0.25, 0.3) is 0 Å². The zero-order valence-electron chi connectivity index (χ0n) is 19.3. The number of nitrogens with zero attached hydrogens (tertiary/aromatic N) is 2. The number of amidine groups is 1. The Hall–Kier alpha value is -2.25. The second-order valence-electron chi connectivity index (χ2n) is 8.25. The zero-order valence-corrected chi connectivity index (χ0v) is 21.5. The van der Waals surface area contributed by atoms with Crippen LogP contribution in [0.25, 0.3) is 5.57 Å². The maximum atomic E-state index is 6.40. The predicted molar refractivity (Wildman–Crippen MR) is 145 cm³/mol. The minimum absolute atomic E-state index is 0.00416. The second kappa shape index (κ2) is 11.1. The summed E-state index contributed by atoms with van der Waals surface area (Å²) in [6, 6.07) is 14.5. The summed E-state index contributed by atoms with van der Waals surface area (Å²) in [4.78, 5) is 9.69. The fourth-order valence-corrected chi connectivity index (χ4v) is 4.38. The topological polar surface area (TPSA) is 60.0 Å².